The third-order valence-electron chi connectivity index (χ3n) is 2.30. The summed E-state index contributed by atoms with van der Waals surface area (Å²) in [4.78, 5) is 14.4. The Labute approximate surface area is 110 Å². The Balaban J connectivity index is 2.57. The zero-order valence-electron chi connectivity index (χ0n) is 9.29. The minimum absolute atomic E-state index is 0.00681. The maximum atomic E-state index is 12.3. The smallest absolute Gasteiger partial charge is 0.405 e. The highest BCUT2D eigenvalue weighted by atomic mass is 35.5. The highest BCUT2D eigenvalue weighted by Gasteiger charge is 2.32. The first kappa shape index (κ1) is 13.5. The summed E-state index contributed by atoms with van der Waals surface area (Å²) in [6, 6.07) is 5.35. The molecule has 2 aromatic rings. The molecule has 0 radical (unpaired) electrons. The Kier molecular flexibility index (Phi) is 3.53. The summed E-state index contributed by atoms with van der Waals surface area (Å²) < 4.78 is 40.7. The van der Waals surface area contributed by atoms with Crippen molar-refractivity contribution < 1.29 is 17.9 Å². The third kappa shape index (κ3) is 3.08. The quantitative estimate of drug-likeness (QED) is 0.918. The van der Waals surface area contributed by atoms with Gasteiger partial charge in [0.2, 0.25) is 5.43 Å². The van der Waals surface area contributed by atoms with Gasteiger partial charge in [-0.25, -0.2) is 0 Å². The number of hydrogen-bond donors (Lipinski definition) is 1. The Bertz CT molecular complexity index is 652. The Hall–Kier alpha value is -1.95. The Morgan fingerprint density at radius 2 is 1.79 bits per heavy atom. The van der Waals surface area contributed by atoms with Crippen LogP contribution in [0.5, 0.6) is 5.75 Å². The number of nitrogens with one attached hydrogen (secondary N) is 1. The van der Waals surface area contributed by atoms with E-state index < -0.39 is 17.5 Å². The summed E-state index contributed by atoms with van der Waals surface area (Å²) in [5.74, 6) is -0.456. The van der Waals surface area contributed by atoms with Crippen molar-refractivity contribution >= 4 is 11.6 Å². The molecule has 0 bridgehead atoms. The van der Waals surface area contributed by atoms with Crippen LogP contribution in [0.1, 0.15) is 0 Å². The van der Waals surface area contributed by atoms with E-state index in [0.717, 1.165) is 6.07 Å². The molecule has 100 valence electrons. The molecule has 0 fully saturated rings. The van der Waals surface area contributed by atoms with Gasteiger partial charge < -0.3 is 9.72 Å². The van der Waals surface area contributed by atoms with Gasteiger partial charge in [-0.3, -0.25) is 4.79 Å². The molecule has 0 spiro atoms. The van der Waals surface area contributed by atoms with Crippen molar-refractivity contribution in [1.82, 2.24) is 4.98 Å². The molecule has 0 saturated heterocycles. The van der Waals surface area contributed by atoms with E-state index in [2.05, 4.69) is 9.72 Å². The number of pyridine rings is 1. The second-order valence-electron chi connectivity index (χ2n) is 3.59. The second-order valence-corrected chi connectivity index (χ2v) is 4.00. The first-order valence-electron chi connectivity index (χ1n) is 5.10. The van der Waals surface area contributed by atoms with E-state index in [1.54, 1.807) is 0 Å². The number of hydrogen-bond acceptors (Lipinski definition) is 2. The molecule has 19 heavy (non-hydrogen) atoms. The van der Waals surface area contributed by atoms with Crippen LogP contribution in [0.25, 0.3) is 11.1 Å². The molecule has 1 heterocycles. The molecule has 0 saturated carbocycles. The fraction of sp³-hybridized carbons (Fsp3) is 0.0833. The monoisotopic (exact) mass is 289 g/mol. The number of aromatic nitrogens is 1. The zero-order valence-corrected chi connectivity index (χ0v) is 10.0. The minimum Gasteiger partial charge on any atom is -0.405 e. The van der Waals surface area contributed by atoms with Crippen molar-refractivity contribution in [1.29, 1.82) is 0 Å². The van der Waals surface area contributed by atoms with Crippen LogP contribution in [0.15, 0.2) is 41.5 Å². The van der Waals surface area contributed by atoms with E-state index in [-0.39, 0.29) is 16.1 Å². The average molecular weight is 290 g/mol. The molecule has 0 aliphatic carbocycles. The molecule has 3 nitrogen and oxygen atoms in total. The molecule has 0 aliphatic heterocycles. The van der Waals surface area contributed by atoms with E-state index in [4.69, 9.17) is 11.6 Å². The lowest BCUT2D eigenvalue weighted by molar-refractivity contribution is -0.274. The number of aromatic amines is 1. The van der Waals surface area contributed by atoms with Crippen LogP contribution in [0.2, 0.25) is 5.02 Å². The molecule has 0 aliphatic rings. The van der Waals surface area contributed by atoms with Crippen LogP contribution in [0.4, 0.5) is 13.2 Å². The van der Waals surface area contributed by atoms with Gasteiger partial charge in [-0.1, -0.05) is 29.8 Å². The summed E-state index contributed by atoms with van der Waals surface area (Å²) in [6.07, 6.45) is -2.31. The SMILES string of the molecule is O=c1c(Cl)c[nH]cc1-c1ccccc1OC(F)(F)F. The van der Waals surface area contributed by atoms with Gasteiger partial charge in [0, 0.05) is 18.0 Å². The van der Waals surface area contributed by atoms with Gasteiger partial charge in [0.15, 0.2) is 0 Å². The minimum atomic E-state index is -4.83. The van der Waals surface area contributed by atoms with Crippen LogP contribution in [0.3, 0.4) is 0 Å². The maximum absolute atomic E-state index is 12.3. The number of halogens is 4. The van der Waals surface area contributed by atoms with Crippen molar-refractivity contribution in [2.45, 2.75) is 6.36 Å². The summed E-state index contributed by atoms with van der Waals surface area (Å²) in [7, 11) is 0. The number of rotatable bonds is 2. The first-order chi connectivity index (χ1) is 8.88. The van der Waals surface area contributed by atoms with Crippen LogP contribution in [0, 0.1) is 0 Å². The predicted octanol–water partition coefficient (Wildman–Crippen LogP) is 3.59. The standard InChI is InChI=1S/C12H7ClF3NO2/c13-9-6-17-5-8(11(9)18)7-3-1-2-4-10(7)19-12(14,15)16/h1-6H,(H,17,18). The molecule has 0 amide bonds. The van der Waals surface area contributed by atoms with Gasteiger partial charge >= 0.3 is 6.36 Å². The summed E-state index contributed by atoms with van der Waals surface area (Å²) in [5, 5.41) is -0.112. The van der Waals surface area contributed by atoms with E-state index in [1.807, 2.05) is 0 Å². The lowest BCUT2D eigenvalue weighted by atomic mass is 10.1. The molecule has 7 heteroatoms. The van der Waals surface area contributed by atoms with Crippen LogP contribution in [-0.2, 0) is 0 Å². The molecular formula is C12H7ClF3NO2. The number of alkyl halides is 3. The number of para-hydroxylation sites is 1. The topological polar surface area (TPSA) is 42.1 Å². The van der Waals surface area contributed by atoms with E-state index in [1.165, 1.54) is 30.6 Å². The second kappa shape index (κ2) is 4.97. The van der Waals surface area contributed by atoms with E-state index >= 15 is 0 Å². The van der Waals surface area contributed by atoms with Crippen LogP contribution < -0.4 is 10.2 Å². The van der Waals surface area contributed by atoms with Crippen molar-refractivity contribution in [2.75, 3.05) is 0 Å². The highest BCUT2D eigenvalue weighted by Crippen LogP contribution is 2.32. The van der Waals surface area contributed by atoms with Crippen LogP contribution >= 0.6 is 11.6 Å². The first-order valence-corrected chi connectivity index (χ1v) is 5.48. The molecule has 0 atom stereocenters. The van der Waals surface area contributed by atoms with Crippen molar-refractivity contribution in [2.24, 2.45) is 0 Å². The van der Waals surface area contributed by atoms with Gasteiger partial charge in [-0.15, -0.1) is 13.2 Å². The predicted molar refractivity (Wildman–Crippen MR) is 64.2 cm³/mol. The largest absolute Gasteiger partial charge is 0.573 e. The average Bonchev–Trinajstić information content (AvgIpc) is 2.32. The Morgan fingerprint density at radius 1 is 1.11 bits per heavy atom. The van der Waals surface area contributed by atoms with E-state index in [9.17, 15) is 18.0 Å². The summed E-state index contributed by atoms with van der Waals surface area (Å²) in [6.45, 7) is 0. The molecule has 1 aromatic heterocycles. The van der Waals surface area contributed by atoms with Gasteiger partial charge in [-0.05, 0) is 6.07 Å². The fourth-order valence-corrected chi connectivity index (χ4v) is 1.73. The maximum Gasteiger partial charge on any atom is 0.573 e. The normalized spacial score (nSPS) is 11.4. The van der Waals surface area contributed by atoms with Gasteiger partial charge in [0.05, 0.1) is 5.56 Å². The lowest BCUT2D eigenvalue weighted by Crippen LogP contribution is -2.18. The van der Waals surface area contributed by atoms with Crippen molar-refractivity contribution in [3.05, 3.63) is 51.9 Å². The van der Waals surface area contributed by atoms with Gasteiger partial charge in [0.1, 0.15) is 10.8 Å². The third-order valence-corrected chi connectivity index (χ3v) is 2.58. The lowest BCUT2D eigenvalue weighted by Gasteiger charge is -2.12. The van der Waals surface area contributed by atoms with Gasteiger partial charge in [0.25, 0.3) is 0 Å². The van der Waals surface area contributed by atoms with Gasteiger partial charge in [-0.2, -0.15) is 0 Å². The van der Waals surface area contributed by atoms with Crippen LogP contribution in [-0.4, -0.2) is 11.3 Å². The molecule has 1 N–H and O–H groups in total. The number of benzene rings is 1. The highest BCUT2D eigenvalue weighted by molar-refractivity contribution is 6.30. The fourth-order valence-electron chi connectivity index (χ4n) is 1.56. The molecule has 1 aromatic carbocycles. The van der Waals surface area contributed by atoms with E-state index in [0.29, 0.717) is 0 Å². The molecular weight excluding hydrogens is 283 g/mol. The molecule has 0 unspecified atom stereocenters. The summed E-state index contributed by atoms with van der Waals surface area (Å²) in [5.41, 5.74) is -0.547. The van der Waals surface area contributed by atoms with Crippen molar-refractivity contribution in [3.63, 3.8) is 0 Å². The number of H-pyrrole nitrogens is 1. The Morgan fingerprint density at radius 3 is 2.47 bits per heavy atom. The number of ether oxygens (including phenoxy) is 1. The molecule has 2 rings (SSSR count). The summed E-state index contributed by atoms with van der Waals surface area (Å²) >= 11 is 5.64. The van der Waals surface area contributed by atoms with Crippen molar-refractivity contribution in [3.8, 4) is 16.9 Å². The zero-order chi connectivity index (χ0) is 14.0.